The van der Waals surface area contributed by atoms with E-state index >= 15 is 0 Å². The zero-order chi connectivity index (χ0) is 12.1. The molecule has 0 bridgehead atoms. The van der Waals surface area contributed by atoms with E-state index in [1.54, 1.807) is 17.8 Å². The van der Waals surface area contributed by atoms with Crippen molar-refractivity contribution in [2.45, 2.75) is 26.4 Å². The summed E-state index contributed by atoms with van der Waals surface area (Å²) < 4.78 is 0. The van der Waals surface area contributed by atoms with Gasteiger partial charge in [0.2, 0.25) is 0 Å². The first kappa shape index (κ1) is 13.5. The molecule has 1 unspecified atom stereocenters. The molecule has 0 aliphatic rings. The van der Waals surface area contributed by atoms with Crippen LogP contribution in [0, 0.1) is 6.92 Å². The second-order valence-corrected chi connectivity index (χ2v) is 5.90. The van der Waals surface area contributed by atoms with Gasteiger partial charge >= 0.3 is 5.97 Å². The minimum absolute atomic E-state index is 0.423. The summed E-state index contributed by atoms with van der Waals surface area (Å²) in [6, 6.07) is 2.21. The van der Waals surface area contributed by atoms with Crippen molar-refractivity contribution in [1.29, 1.82) is 0 Å². The van der Waals surface area contributed by atoms with Crippen LogP contribution in [0.3, 0.4) is 0 Å². The number of aryl methyl sites for hydroxylation is 1. The fraction of sp³-hybridized carbons (Fsp3) is 0.545. The summed E-state index contributed by atoms with van der Waals surface area (Å²) in [5, 5.41) is 12.3. The van der Waals surface area contributed by atoms with Gasteiger partial charge in [0.15, 0.2) is 0 Å². The lowest BCUT2D eigenvalue weighted by atomic mass is 10.2. The number of hydrogen-bond acceptors (Lipinski definition) is 4. The molecule has 1 atom stereocenters. The Kier molecular flexibility index (Phi) is 5.31. The van der Waals surface area contributed by atoms with Crippen molar-refractivity contribution in [3.05, 3.63) is 21.4 Å². The molecule has 2 N–H and O–H groups in total. The molecule has 5 heteroatoms. The molecular formula is C11H17NO2S2. The fourth-order valence-electron chi connectivity index (χ4n) is 1.39. The second kappa shape index (κ2) is 6.27. The standard InChI is InChI=1S/C11H17NO2S2/c1-7(6-15-3)12-5-9-4-10(11(13)14)16-8(9)2/h4,7,12H,5-6H2,1-3H3,(H,13,14). The molecule has 0 saturated heterocycles. The number of aromatic carboxylic acids is 1. The van der Waals surface area contributed by atoms with Crippen molar-refractivity contribution in [2.75, 3.05) is 12.0 Å². The van der Waals surface area contributed by atoms with Gasteiger partial charge in [0, 0.05) is 23.2 Å². The summed E-state index contributed by atoms with van der Waals surface area (Å²) in [5.41, 5.74) is 1.09. The third-order valence-electron chi connectivity index (χ3n) is 2.29. The lowest BCUT2D eigenvalue weighted by Crippen LogP contribution is -2.27. The number of thiophene rings is 1. The number of nitrogens with one attached hydrogen (secondary N) is 1. The highest BCUT2D eigenvalue weighted by Crippen LogP contribution is 2.21. The predicted octanol–water partition coefficient (Wildman–Crippen LogP) is 2.60. The van der Waals surface area contributed by atoms with E-state index in [4.69, 9.17) is 5.11 Å². The lowest BCUT2D eigenvalue weighted by Gasteiger charge is -2.11. The van der Waals surface area contributed by atoms with E-state index < -0.39 is 5.97 Å². The van der Waals surface area contributed by atoms with E-state index in [0.717, 1.165) is 22.7 Å². The van der Waals surface area contributed by atoms with E-state index in [9.17, 15) is 4.79 Å². The third-order valence-corrected chi connectivity index (χ3v) is 4.20. The van der Waals surface area contributed by atoms with Gasteiger partial charge in [-0.05, 0) is 31.7 Å². The van der Waals surface area contributed by atoms with E-state index in [1.807, 2.05) is 6.92 Å². The Labute approximate surface area is 104 Å². The zero-order valence-corrected chi connectivity index (χ0v) is 11.4. The zero-order valence-electron chi connectivity index (χ0n) is 9.74. The number of carbonyl (C=O) groups is 1. The van der Waals surface area contributed by atoms with Gasteiger partial charge in [-0.25, -0.2) is 4.79 Å². The molecule has 0 amide bonds. The third kappa shape index (κ3) is 3.81. The molecule has 1 aromatic heterocycles. The van der Waals surface area contributed by atoms with E-state index in [-0.39, 0.29) is 0 Å². The van der Waals surface area contributed by atoms with Crippen LogP contribution >= 0.6 is 23.1 Å². The SMILES string of the molecule is CSCC(C)NCc1cc(C(=O)O)sc1C. The van der Waals surface area contributed by atoms with Crippen molar-refractivity contribution < 1.29 is 9.90 Å². The molecule has 0 saturated carbocycles. The highest BCUT2D eigenvalue weighted by atomic mass is 32.2. The van der Waals surface area contributed by atoms with Crippen LogP contribution in [0.5, 0.6) is 0 Å². The first-order chi connectivity index (χ1) is 7.54. The van der Waals surface area contributed by atoms with Crippen LogP contribution in [0.4, 0.5) is 0 Å². The van der Waals surface area contributed by atoms with Crippen LogP contribution in [0.2, 0.25) is 0 Å². The number of thioether (sulfide) groups is 1. The molecule has 1 aromatic rings. The van der Waals surface area contributed by atoms with Crippen LogP contribution in [0.15, 0.2) is 6.07 Å². The molecule has 1 rings (SSSR count). The van der Waals surface area contributed by atoms with Crippen molar-refractivity contribution in [2.24, 2.45) is 0 Å². The number of rotatable bonds is 6. The summed E-state index contributed by atoms with van der Waals surface area (Å²) in [7, 11) is 0. The summed E-state index contributed by atoms with van der Waals surface area (Å²) >= 11 is 3.15. The van der Waals surface area contributed by atoms with Crippen molar-refractivity contribution in [1.82, 2.24) is 5.32 Å². The number of carboxylic acid groups (broad SMARTS) is 1. The van der Waals surface area contributed by atoms with E-state index in [0.29, 0.717) is 10.9 Å². The molecule has 16 heavy (non-hydrogen) atoms. The predicted molar refractivity (Wildman–Crippen MR) is 70.7 cm³/mol. The monoisotopic (exact) mass is 259 g/mol. The Morgan fingerprint density at radius 3 is 2.88 bits per heavy atom. The Hall–Kier alpha value is -0.520. The molecule has 1 heterocycles. The molecule has 3 nitrogen and oxygen atoms in total. The van der Waals surface area contributed by atoms with Gasteiger partial charge in [-0.15, -0.1) is 11.3 Å². The Morgan fingerprint density at radius 1 is 1.69 bits per heavy atom. The largest absolute Gasteiger partial charge is 0.477 e. The lowest BCUT2D eigenvalue weighted by molar-refractivity contribution is 0.0702. The number of hydrogen-bond donors (Lipinski definition) is 2. The molecule has 0 aliphatic carbocycles. The van der Waals surface area contributed by atoms with Gasteiger partial charge in [0.25, 0.3) is 0 Å². The molecule has 0 fully saturated rings. The quantitative estimate of drug-likeness (QED) is 0.824. The van der Waals surface area contributed by atoms with E-state index in [1.165, 1.54) is 11.3 Å². The Morgan fingerprint density at radius 2 is 2.38 bits per heavy atom. The first-order valence-corrected chi connectivity index (χ1v) is 7.30. The van der Waals surface area contributed by atoms with Gasteiger partial charge in [-0.3, -0.25) is 0 Å². The average Bonchev–Trinajstić information content (AvgIpc) is 2.58. The first-order valence-electron chi connectivity index (χ1n) is 5.09. The molecule has 0 aromatic carbocycles. The summed E-state index contributed by atoms with van der Waals surface area (Å²) in [6.45, 7) is 4.85. The van der Waals surface area contributed by atoms with Gasteiger partial charge in [-0.1, -0.05) is 0 Å². The minimum Gasteiger partial charge on any atom is -0.477 e. The number of carboxylic acids is 1. The highest BCUT2D eigenvalue weighted by Gasteiger charge is 2.11. The molecule has 0 radical (unpaired) electrons. The summed E-state index contributed by atoms with van der Waals surface area (Å²) in [4.78, 5) is 12.3. The average molecular weight is 259 g/mol. The normalized spacial score (nSPS) is 12.7. The molecule has 90 valence electrons. The Balaban J connectivity index is 2.57. The smallest absolute Gasteiger partial charge is 0.345 e. The maximum atomic E-state index is 10.8. The van der Waals surface area contributed by atoms with E-state index in [2.05, 4.69) is 18.5 Å². The van der Waals surface area contributed by atoms with Crippen LogP contribution in [0.25, 0.3) is 0 Å². The van der Waals surface area contributed by atoms with Gasteiger partial charge in [0.05, 0.1) is 0 Å². The molecule has 0 spiro atoms. The summed E-state index contributed by atoms with van der Waals surface area (Å²) in [6.07, 6.45) is 2.08. The van der Waals surface area contributed by atoms with Crippen molar-refractivity contribution >= 4 is 29.1 Å². The van der Waals surface area contributed by atoms with Crippen LogP contribution in [0.1, 0.15) is 27.0 Å². The topological polar surface area (TPSA) is 49.3 Å². The highest BCUT2D eigenvalue weighted by molar-refractivity contribution is 7.98. The summed E-state index contributed by atoms with van der Waals surface area (Å²) in [5.74, 6) is 0.228. The fourth-order valence-corrected chi connectivity index (χ4v) is 2.89. The van der Waals surface area contributed by atoms with Crippen LogP contribution in [-0.2, 0) is 6.54 Å². The maximum Gasteiger partial charge on any atom is 0.345 e. The van der Waals surface area contributed by atoms with Gasteiger partial charge < -0.3 is 10.4 Å². The molecular weight excluding hydrogens is 242 g/mol. The van der Waals surface area contributed by atoms with Gasteiger partial charge in [-0.2, -0.15) is 11.8 Å². The molecule has 0 aliphatic heterocycles. The van der Waals surface area contributed by atoms with Gasteiger partial charge in [0.1, 0.15) is 4.88 Å². The maximum absolute atomic E-state index is 10.8. The Bertz CT molecular complexity index is 363. The van der Waals surface area contributed by atoms with Crippen LogP contribution < -0.4 is 5.32 Å². The van der Waals surface area contributed by atoms with Crippen LogP contribution in [-0.4, -0.2) is 29.1 Å². The second-order valence-electron chi connectivity index (χ2n) is 3.73. The van der Waals surface area contributed by atoms with Crippen molar-refractivity contribution in [3.8, 4) is 0 Å². The minimum atomic E-state index is -0.837. The van der Waals surface area contributed by atoms with Crippen molar-refractivity contribution in [3.63, 3.8) is 0 Å².